The van der Waals surface area contributed by atoms with Crippen LogP contribution < -0.4 is 0 Å². The standard InChI is InChI=1S/C12H9F3N2O2/c13-12(14,15)10-3-7(11-17-16-6-19-11)1-2-9(10)8-4-18-5-8/h1-3,6,8H,4-5H2. The van der Waals surface area contributed by atoms with Gasteiger partial charge in [-0.05, 0) is 17.7 Å². The quantitative estimate of drug-likeness (QED) is 0.841. The molecule has 1 aromatic heterocycles. The number of ether oxygens (including phenoxy) is 1. The Morgan fingerprint density at radius 3 is 2.53 bits per heavy atom. The lowest BCUT2D eigenvalue weighted by Crippen LogP contribution is -2.27. The number of aromatic nitrogens is 2. The molecule has 0 saturated carbocycles. The highest BCUT2D eigenvalue weighted by Gasteiger charge is 2.37. The molecule has 0 atom stereocenters. The third kappa shape index (κ3) is 2.21. The summed E-state index contributed by atoms with van der Waals surface area (Å²) in [4.78, 5) is 0. The topological polar surface area (TPSA) is 48.2 Å². The summed E-state index contributed by atoms with van der Waals surface area (Å²) >= 11 is 0. The van der Waals surface area contributed by atoms with E-state index in [0.29, 0.717) is 13.2 Å². The Morgan fingerprint density at radius 1 is 1.21 bits per heavy atom. The predicted molar refractivity (Wildman–Crippen MR) is 58.3 cm³/mol. The molecule has 7 heteroatoms. The van der Waals surface area contributed by atoms with Gasteiger partial charge in [0.05, 0.1) is 18.8 Å². The molecular weight excluding hydrogens is 261 g/mol. The fourth-order valence-electron chi connectivity index (χ4n) is 2.00. The lowest BCUT2D eigenvalue weighted by Gasteiger charge is -2.29. The highest BCUT2D eigenvalue weighted by molar-refractivity contribution is 5.56. The van der Waals surface area contributed by atoms with Crippen LogP contribution in [0.1, 0.15) is 17.0 Å². The average molecular weight is 270 g/mol. The molecule has 2 aromatic rings. The summed E-state index contributed by atoms with van der Waals surface area (Å²) in [5.41, 5.74) is -0.160. The van der Waals surface area contributed by atoms with Crippen molar-refractivity contribution in [3.63, 3.8) is 0 Å². The van der Waals surface area contributed by atoms with Gasteiger partial charge >= 0.3 is 6.18 Å². The van der Waals surface area contributed by atoms with Crippen molar-refractivity contribution in [3.05, 3.63) is 35.7 Å². The first-order chi connectivity index (χ1) is 9.05. The lowest BCUT2D eigenvalue weighted by atomic mass is 9.91. The summed E-state index contributed by atoms with van der Waals surface area (Å²) < 4.78 is 49.1. The van der Waals surface area contributed by atoms with Gasteiger partial charge in [0.25, 0.3) is 0 Å². The van der Waals surface area contributed by atoms with Gasteiger partial charge in [-0.1, -0.05) is 6.07 Å². The van der Waals surface area contributed by atoms with Gasteiger partial charge in [0, 0.05) is 11.5 Å². The molecule has 1 aromatic carbocycles. The van der Waals surface area contributed by atoms with Crippen LogP contribution in [0.5, 0.6) is 0 Å². The van der Waals surface area contributed by atoms with Crippen LogP contribution in [-0.4, -0.2) is 23.4 Å². The SMILES string of the molecule is FC(F)(F)c1cc(-c2nnco2)ccc1C1COC1. The second kappa shape index (κ2) is 4.34. The lowest BCUT2D eigenvalue weighted by molar-refractivity contribution is -0.139. The monoisotopic (exact) mass is 270 g/mol. The highest BCUT2D eigenvalue weighted by atomic mass is 19.4. The summed E-state index contributed by atoms with van der Waals surface area (Å²) in [6.07, 6.45) is -3.34. The minimum absolute atomic E-state index is 0.0712. The van der Waals surface area contributed by atoms with Crippen molar-refractivity contribution in [3.8, 4) is 11.5 Å². The summed E-state index contributed by atoms with van der Waals surface area (Å²) in [5.74, 6) is -0.129. The summed E-state index contributed by atoms with van der Waals surface area (Å²) in [6, 6.07) is 4.05. The minimum atomic E-state index is -4.42. The van der Waals surface area contributed by atoms with Crippen molar-refractivity contribution in [2.75, 3.05) is 13.2 Å². The Bertz CT molecular complexity index is 577. The van der Waals surface area contributed by atoms with Gasteiger partial charge in [0.2, 0.25) is 12.3 Å². The predicted octanol–water partition coefficient (Wildman–Crippen LogP) is 2.87. The Balaban J connectivity index is 2.07. The van der Waals surface area contributed by atoms with Crippen molar-refractivity contribution >= 4 is 0 Å². The number of hydrogen-bond acceptors (Lipinski definition) is 4. The summed E-state index contributed by atoms with van der Waals surface area (Å²) in [6.45, 7) is 0.645. The van der Waals surface area contributed by atoms with E-state index in [4.69, 9.17) is 9.15 Å². The number of nitrogens with zero attached hydrogens (tertiary/aromatic N) is 2. The number of alkyl halides is 3. The zero-order chi connectivity index (χ0) is 13.5. The number of halogens is 3. The van der Waals surface area contributed by atoms with Crippen LogP contribution in [0.4, 0.5) is 13.2 Å². The van der Waals surface area contributed by atoms with Gasteiger partial charge in [-0.3, -0.25) is 0 Å². The van der Waals surface area contributed by atoms with Crippen LogP contribution in [0, 0.1) is 0 Å². The van der Waals surface area contributed by atoms with Crippen molar-refractivity contribution in [1.29, 1.82) is 0 Å². The Labute approximate surface area is 106 Å². The molecule has 1 fully saturated rings. The highest BCUT2D eigenvalue weighted by Crippen LogP contribution is 2.39. The normalized spacial score (nSPS) is 16.4. The minimum Gasteiger partial charge on any atom is -0.423 e. The molecule has 19 heavy (non-hydrogen) atoms. The second-order valence-electron chi connectivity index (χ2n) is 4.28. The number of hydrogen-bond donors (Lipinski definition) is 0. The van der Waals surface area contributed by atoms with E-state index in [1.54, 1.807) is 6.07 Å². The molecule has 0 unspecified atom stereocenters. The zero-order valence-corrected chi connectivity index (χ0v) is 9.65. The third-order valence-corrected chi connectivity index (χ3v) is 3.04. The van der Waals surface area contributed by atoms with Crippen molar-refractivity contribution in [2.45, 2.75) is 12.1 Å². The largest absolute Gasteiger partial charge is 0.423 e. The van der Waals surface area contributed by atoms with Crippen LogP contribution in [0.25, 0.3) is 11.5 Å². The molecule has 0 aliphatic carbocycles. The zero-order valence-electron chi connectivity index (χ0n) is 9.65. The van der Waals surface area contributed by atoms with E-state index in [-0.39, 0.29) is 22.9 Å². The first-order valence-electron chi connectivity index (χ1n) is 5.61. The van der Waals surface area contributed by atoms with E-state index >= 15 is 0 Å². The molecule has 0 bridgehead atoms. The molecule has 0 amide bonds. The molecule has 0 radical (unpaired) electrons. The van der Waals surface area contributed by atoms with Crippen LogP contribution in [0.15, 0.2) is 29.0 Å². The molecule has 4 nitrogen and oxygen atoms in total. The van der Waals surface area contributed by atoms with Gasteiger partial charge in [-0.25, -0.2) is 0 Å². The maximum atomic E-state index is 13.1. The Hall–Kier alpha value is -1.89. The van der Waals surface area contributed by atoms with E-state index < -0.39 is 11.7 Å². The second-order valence-corrected chi connectivity index (χ2v) is 4.28. The van der Waals surface area contributed by atoms with Crippen molar-refractivity contribution in [1.82, 2.24) is 10.2 Å². The molecule has 0 N–H and O–H groups in total. The van der Waals surface area contributed by atoms with E-state index in [1.807, 2.05) is 0 Å². The molecule has 0 spiro atoms. The van der Waals surface area contributed by atoms with Gasteiger partial charge < -0.3 is 9.15 Å². The van der Waals surface area contributed by atoms with Gasteiger partial charge in [-0.15, -0.1) is 10.2 Å². The van der Waals surface area contributed by atoms with Crippen molar-refractivity contribution in [2.24, 2.45) is 0 Å². The van der Waals surface area contributed by atoms with Crippen LogP contribution in [-0.2, 0) is 10.9 Å². The van der Waals surface area contributed by atoms with Gasteiger partial charge in [0.15, 0.2) is 0 Å². The number of rotatable bonds is 2. The average Bonchev–Trinajstić information content (AvgIpc) is 2.79. The summed E-state index contributed by atoms with van der Waals surface area (Å²) in [7, 11) is 0. The maximum Gasteiger partial charge on any atom is 0.416 e. The van der Waals surface area contributed by atoms with E-state index in [1.165, 1.54) is 6.07 Å². The van der Waals surface area contributed by atoms with Crippen LogP contribution in [0.2, 0.25) is 0 Å². The molecule has 1 aliphatic heterocycles. The number of benzene rings is 1. The molecule has 1 aliphatic rings. The molecule has 2 heterocycles. The summed E-state index contributed by atoms with van der Waals surface area (Å²) in [5, 5.41) is 7.07. The van der Waals surface area contributed by atoms with E-state index in [0.717, 1.165) is 12.5 Å². The molecule has 100 valence electrons. The van der Waals surface area contributed by atoms with Crippen molar-refractivity contribution < 1.29 is 22.3 Å². The van der Waals surface area contributed by atoms with E-state index in [2.05, 4.69) is 10.2 Å². The first-order valence-corrected chi connectivity index (χ1v) is 5.61. The third-order valence-electron chi connectivity index (χ3n) is 3.04. The fourth-order valence-corrected chi connectivity index (χ4v) is 2.00. The maximum absolute atomic E-state index is 13.1. The van der Waals surface area contributed by atoms with E-state index in [9.17, 15) is 13.2 Å². The Morgan fingerprint density at radius 2 is 2.00 bits per heavy atom. The molecular formula is C12H9F3N2O2. The fraction of sp³-hybridized carbons (Fsp3) is 0.333. The van der Waals surface area contributed by atoms with Crippen LogP contribution in [0.3, 0.4) is 0 Å². The van der Waals surface area contributed by atoms with Gasteiger partial charge in [0.1, 0.15) is 0 Å². The molecule has 1 saturated heterocycles. The van der Waals surface area contributed by atoms with Crippen LogP contribution >= 0.6 is 0 Å². The molecule has 3 rings (SSSR count). The smallest absolute Gasteiger partial charge is 0.416 e. The Kier molecular flexibility index (Phi) is 2.78. The van der Waals surface area contributed by atoms with Gasteiger partial charge in [-0.2, -0.15) is 13.2 Å². The first kappa shape index (κ1) is 12.2.